The number of carbonyl (C=O) groups is 1. The Balaban J connectivity index is 1.79. The largest absolute Gasteiger partial charge is 0.436 e. The number of aryl methyl sites for hydroxylation is 1. The van der Waals surface area contributed by atoms with E-state index >= 15 is 0 Å². The molecule has 1 aliphatic heterocycles. The van der Waals surface area contributed by atoms with E-state index in [1.807, 2.05) is 0 Å². The van der Waals surface area contributed by atoms with Gasteiger partial charge in [0.05, 0.1) is 12.7 Å². The number of nitrogens with one attached hydrogen (secondary N) is 1. The number of ether oxygens (including phenoxy) is 2. The number of aromatic nitrogens is 2. The number of fused-ring (bicyclic) bond motifs is 1. The molecule has 0 spiro atoms. The van der Waals surface area contributed by atoms with E-state index in [9.17, 15) is 18.0 Å². The summed E-state index contributed by atoms with van der Waals surface area (Å²) in [4.78, 5) is 12.5. The van der Waals surface area contributed by atoms with Gasteiger partial charge in [0.2, 0.25) is 0 Å². The summed E-state index contributed by atoms with van der Waals surface area (Å²) >= 11 is 5.75. The lowest BCUT2D eigenvalue weighted by Crippen LogP contribution is -2.62. The van der Waals surface area contributed by atoms with Crippen molar-refractivity contribution in [3.05, 3.63) is 16.4 Å². The van der Waals surface area contributed by atoms with Crippen LogP contribution in [-0.4, -0.2) is 48.2 Å². The lowest BCUT2D eigenvalue weighted by molar-refractivity contribution is -0.141. The number of nitrogens with zero attached hydrogens (tertiary/aromatic N) is 2. The highest BCUT2D eigenvalue weighted by atomic mass is 35.5. The Bertz CT molecular complexity index is 649. The van der Waals surface area contributed by atoms with Gasteiger partial charge in [-0.3, -0.25) is 9.48 Å². The fourth-order valence-corrected chi connectivity index (χ4v) is 3.93. The first kappa shape index (κ1) is 17.5. The van der Waals surface area contributed by atoms with Gasteiger partial charge in [-0.1, -0.05) is 11.6 Å². The third-order valence-corrected chi connectivity index (χ3v) is 5.02. The van der Waals surface area contributed by atoms with Gasteiger partial charge in [0.1, 0.15) is 10.7 Å². The maximum Gasteiger partial charge on any atom is 0.436 e. The summed E-state index contributed by atoms with van der Waals surface area (Å²) in [5, 5.41) is 5.41. The summed E-state index contributed by atoms with van der Waals surface area (Å²) in [5.41, 5.74) is -1.57. The van der Waals surface area contributed by atoms with E-state index in [0.29, 0.717) is 13.2 Å². The summed E-state index contributed by atoms with van der Waals surface area (Å²) in [7, 11) is 2.81. The number of alkyl halides is 3. The van der Waals surface area contributed by atoms with Gasteiger partial charge >= 0.3 is 6.18 Å². The minimum atomic E-state index is -4.72. The molecule has 24 heavy (non-hydrogen) atoms. The average molecular weight is 368 g/mol. The number of methoxy groups -OCH3 is 1. The molecule has 6 nitrogen and oxygen atoms in total. The van der Waals surface area contributed by atoms with E-state index in [4.69, 9.17) is 21.1 Å². The van der Waals surface area contributed by atoms with Crippen LogP contribution in [0.3, 0.4) is 0 Å². The molecule has 1 amide bonds. The Hall–Kier alpha value is -1.32. The van der Waals surface area contributed by atoms with Gasteiger partial charge in [0.15, 0.2) is 5.69 Å². The summed E-state index contributed by atoms with van der Waals surface area (Å²) in [6.45, 7) is 1.01. The average Bonchev–Trinajstić information content (AvgIpc) is 3.03. The Kier molecular flexibility index (Phi) is 4.52. The molecule has 1 saturated heterocycles. The van der Waals surface area contributed by atoms with Crippen LogP contribution >= 0.6 is 11.6 Å². The van der Waals surface area contributed by atoms with E-state index in [1.54, 1.807) is 7.11 Å². The van der Waals surface area contributed by atoms with Gasteiger partial charge < -0.3 is 14.8 Å². The molecule has 0 radical (unpaired) electrons. The van der Waals surface area contributed by atoms with Crippen molar-refractivity contribution in [1.82, 2.24) is 15.1 Å². The molecule has 0 bridgehead atoms. The zero-order chi connectivity index (χ0) is 17.6. The minimum absolute atomic E-state index is 0.0167. The summed E-state index contributed by atoms with van der Waals surface area (Å²) in [5.74, 6) is -0.564. The zero-order valence-electron chi connectivity index (χ0n) is 13.1. The summed E-state index contributed by atoms with van der Waals surface area (Å²) in [6.07, 6.45) is -3.90. The van der Waals surface area contributed by atoms with Gasteiger partial charge in [0.25, 0.3) is 5.91 Å². The molecule has 134 valence electrons. The van der Waals surface area contributed by atoms with Crippen LogP contribution in [0.1, 0.15) is 22.6 Å². The normalized spacial score (nSPS) is 29.2. The Morgan fingerprint density at radius 3 is 2.83 bits per heavy atom. The highest BCUT2D eigenvalue weighted by molar-refractivity contribution is 6.34. The molecule has 2 aliphatic rings. The second-order valence-electron chi connectivity index (χ2n) is 6.04. The van der Waals surface area contributed by atoms with Crippen LogP contribution in [0, 0.1) is 11.8 Å². The highest BCUT2D eigenvalue weighted by Crippen LogP contribution is 2.44. The first-order valence-corrected chi connectivity index (χ1v) is 7.84. The smallest absolute Gasteiger partial charge is 0.384 e. The molecule has 1 N–H and O–H groups in total. The van der Waals surface area contributed by atoms with Crippen LogP contribution in [0.5, 0.6) is 0 Å². The Morgan fingerprint density at radius 1 is 1.54 bits per heavy atom. The number of amides is 1. The first-order valence-electron chi connectivity index (χ1n) is 7.46. The fraction of sp³-hybridized carbons (Fsp3) is 0.714. The van der Waals surface area contributed by atoms with Crippen molar-refractivity contribution >= 4 is 17.5 Å². The molecule has 1 aromatic rings. The van der Waals surface area contributed by atoms with Gasteiger partial charge in [-0.05, 0) is 6.42 Å². The first-order chi connectivity index (χ1) is 11.3. The number of carbonyl (C=O) groups excluding carboxylic acids is 1. The van der Waals surface area contributed by atoms with E-state index in [2.05, 4.69) is 10.4 Å². The van der Waals surface area contributed by atoms with Crippen LogP contribution in [0.15, 0.2) is 0 Å². The van der Waals surface area contributed by atoms with Crippen molar-refractivity contribution in [3.8, 4) is 0 Å². The SMILES string of the molecule is COC[C@@H]1[C@H](NC(=O)c2c(Cl)c(C(F)(F)F)nn2C)[C@@H]2CCO[C@H]12. The molecular formula is C14H17ClF3N3O3. The van der Waals surface area contributed by atoms with E-state index in [1.165, 1.54) is 7.05 Å². The molecule has 1 saturated carbocycles. The van der Waals surface area contributed by atoms with Crippen LogP contribution in [0.25, 0.3) is 0 Å². The predicted molar refractivity (Wildman–Crippen MR) is 77.7 cm³/mol. The molecule has 0 unspecified atom stereocenters. The molecule has 0 aromatic carbocycles. The van der Waals surface area contributed by atoms with Crippen LogP contribution in [0.2, 0.25) is 5.02 Å². The van der Waals surface area contributed by atoms with Gasteiger partial charge in [0, 0.05) is 38.6 Å². The highest BCUT2D eigenvalue weighted by Gasteiger charge is 2.54. The van der Waals surface area contributed by atoms with Crippen LogP contribution in [0.4, 0.5) is 13.2 Å². The lowest BCUT2D eigenvalue weighted by atomic mass is 9.67. The van der Waals surface area contributed by atoms with E-state index in [-0.39, 0.29) is 29.7 Å². The minimum Gasteiger partial charge on any atom is -0.384 e. The second-order valence-corrected chi connectivity index (χ2v) is 6.42. The lowest BCUT2D eigenvalue weighted by Gasteiger charge is -2.47. The quantitative estimate of drug-likeness (QED) is 0.882. The van der Waals surface area contributed by atoms with E-state index in [0.717, 1.165) is 11.1 Å². The Morgan fingerprint density at radius 2 is 2.25 bits per heavy atom. The third kappa shape index (κ3) is 2.78. The van der Waals surface area contributed by atoms with Crippen LogP contribution in [-0.2, 0) is 22.7 Å². The summed E-state index contributed by atoms with van der Waals surface area (Å²) < 4.78 is 50.2. The fourth-order valence-electron chi connectivity index (χ4n) is 3.58. The topological polar surface area (TPSA) is 65.4 Å². The number of rotatable bonds is 4. The molecule has 2 heterocycles. The number of hydrogen-bond acceptors (Lipinski definition) is 4. The molecule has 4 atom stereocenters. The maximum atomic E-state index is 12.9. The van der Waals surface area contributed by atoms with Crippen molar-refractivity contribution in [3.63, 3.8) is 0 Å². The predicted octanol–water partition coefficient (Wildman–Crippen LogP) is 1.87. The van der Waals surface area contributed by atoms with Crippen molar-refractivity contribution < 1.29 is 27.4 Å². The number of halogens is 4. The van der Waals surface area contributed by atoms with Crippen LogP contribution < -0.4 is 5.32 Å². The molecular weight excluding hydrogens is 351 g/mol. The molecule has 1 aromatic heterocycles. The van der Waals surface area contributed by atoms with Crippen molar-refractivity contribution in [2.24, 2.45) is 18.9 Å². The van der Waals surface area contributed by atoms with Crippen molar-refractivity contribution in [1.29, 1.82) is 0 Å². The van der Waals surface area contributed by atoms with Crippen molar-refractivity contribution in [2.75, 3.05) is 20.3 Å². The molecule has 1 aliphatic carbocycles. The monoisotopic (exact) mass is 367 g/mol. The van der Waals surface area contributed by atoms with Gasteiger partial charge in [-0.2, -0.15) is 18.3 Å². The van der Waals surface area contributed by atoms with E-state index < -0.39 is 22.8 Å². The molecule has 10 heteroatoms. The standard InChI is InChI=1S/C14H17ClF3N3O3/c1-21-10(8(15)12(20-21)14(16,17)18)13(22)19-9-6-3-4-24-11(6)7(9)5-23-2/h6-7,9,11H,3-5H2,1-2H3,(H,19,22)/t6-,7+,9+,11-/m0/s1. The number of hydrogen-bond donors (Lipinski definition) is 1. The Labute approximate surface area is 141 Å². The second kappa shape index (κ2) is 6.20. The zero-order valence-corrected chi connectivity index (χ0v) is 13.8. The van der Waals surface area contributed by atoms with Crippen molar-refractivity contribution in [2.45, 2.75) is 24.7 Å². The van der Waals surface area contributed by atoms with Gasteiger partial charge in [-0.15, -0.1) is 0 Å². The maximum absolute atomic E-state index is 12.9. The molecule has 3 rings (SSSR count). The van der Waals surface area contributed by atoms with Gasteiger partial charge in [-0.25, -0.2) is 0 Å². The molecule has 2 fully saturated rings. The summed E-state index contributed by atoms with van der Waals surface area (Å²) in [6, 6.07) is -0.217. The third-order valence-electron chi connectivity index (χ3n) is 4.66.